The quantitative estimate of drug-likeness (QED) is 0.690. The van der Waals surface area contributed by atoms with E-state index in [0.29, 0.717) is 44.7 Å². The Balaban J connectivity index is 1.54. The van der Waals surface area contributed by atoms with E-state index in [9.17, 15) is 19.5 Å². The molecule has 3 N–H and O–H groups in total. The molecule has 4 rings (SSSR count). The molecule has 1 fully saturated rings. The number of aryl methyl sites for hydroxylation is 2. The molecule has 2 amide bonds. The molecule has 2 aliphatic rings. The van der Waals surface area contributed by atoms with E-state index < -0.39 is 22.6 Å². The minimum atomic E-state index is -0.873. The Morgan fingerprint density at radius 3 is 2.77 bits per heavy atom. The lowest BCUT2D eigenvalue weighted by Gasteiger charge is -2.36. The fourth-order valence-corrected chi connectivity index (χ4v) is 4.41. The van der Waals surface area contributed by atoms with Crippen LogP contribution in [0.3, 0.4) is 0 Å². The smallest absolute Gasteiger partial charge is 0.246 e. The van der Waals surface area contributed by atoms with Gasteiger partial charge in [0, 0.05) is 36.8 Å². The van der Waals surface area contributed by atoms with Crippen molar-refractivity contribution in [1.29, 1.82) is 0 Å². The molecule has 31 heavy (non-hydrogen) atoms. The second-order valence-corrected chi connectivity index (χ2v) is 8.27. The Bertz CT molecular complexity index is 1050. The van der Waals surface area contributed by atoms with E-state index in [1.54, 1.807) is 6.92 Å². The number of amides is 2. The number of aromatic hydroxyl groups is 1. The molecule has 1 atom stereocenters. The molecule has 2 aromatic rings. The van der Waals surface area contributed by atoms with E-state index in [1.807, 2.05) is 24.3 Å². The molecular formula is C23H26N2O6. The van der Waals surface area contributed by atoms with E-state index in [-0.39, 0.29) is 24.0 Å². The highest BCUT2D eigenvalue weighted by Crippen LogP contribution is 2.41. The van der Waals surface area contributed by atoms with Crippen molar-refractivity contribution in [3.05, 3.63) is 57.6 Å². The topological polar surface area (TPSA) is 118 Å². The van der Waals surface area contributed by atoms with Crippen molar-refractivity contribution in [2.24, 2.45) is 0 Å². The van der Waals surface area contributed by atoms with Crippen LogP contribution in [0, 0.1) is 6.92 Å². The molecule has 1 saturated heterocycles. The molecular weight excluding hydrogens is 400 g/mol. The van der Waals surface area contributed by atoms with Crippen LogP contribution < -0.4 is 16.1 Å². The van der Waals surface area contributed by atoms with Gasteiger partial charge in [0.1, 0.15) is 11.8 Å². The normalized spacial score (nSPS) is 20.3. The molecule has 3 heterocycles. The van der Waals surface area contributed by atoms with Gasteiger partial charge in [0.2, 0.25) is 23.0 Å². The average molecular weight is 426 g/mol. The fraction of sp³-hybridized carbons (Fsp3) is 0.435. The Labute approximate surface area is 179 Å². The number of para-hydroxylation sites is 1. The molecule has 0 saturated carbocycles. The van der Waals surface area contributed by atoms with Gasteiger partial charge in [-0.15, -0.1) is 0 Å². The Morgan fingerprint density at radius 1 is 1.26 bits per heavy atom. The predicted octanol–water partition coefficient (Wildman–Crippen LogP) is 2.16. The van der Waals surface area contributed by atoms with Gasteiger partial charge in [-0.05, 0) is 44.2 Å². The molecule has 8 nitrogen and oxygen atoms in total. The summed E-state index contributed by atoms with van der Waals surface area (Å²) in [6.45, 7) is 2.39. The number of ether oxygens (including phenoxy) is 1. The molecule has 1 aromatic carbocycles. The molecule has 1 aromatic heterocycles. The third-order valence-corrected chi connectivity index (χ3v) is 6.11. The summed E-state index contributed by atoms with van der Waals surface area (Å²) in [5.41, 5.74) is 0.379. The van der Waals surface area contributed by atoms with Crippen LogP contribution in [-0.2, 0) is 26.2 Å². The van der Waals surface area contributed by atoms with E-state index in [1.165, 1.54) is 6.07 Å². The Hall–Kier alpha value is -3.13. The minimum absolute atomic E-state index is 0.0208. The first-order valence-electron chi connectivity index (χ1n) is 10.5. The van der Waals surface area contributed by atoms with Gasteiger partial charge in [-0.3, -0.25) is 14.4 Å². The summed E-state index contributed by atoms with van der Waals surface area (Å²) in [4.78, 5) is 37.8. The number of nitrogens with one attached hydrogen (secondary N) is 2. The zero-order chi connectivity index (χ0) is 22.0. The minimum Gasteiger partial charge on any atom is -0.502 e. The average Bonchev–Trinajstić information content (AvgIpc) is 2.90. The summed E-state index contributed by atoms with van der Waals surface area (Å²) in [6, 6.07) is 8.13. The third-order valence-electron chi connectivity index (χ3n) is 6.11. The number of fused-ring (bicyclic) bond motifs is 1. The second kappa shape index (κ2) is 8.55. The summed E-state index contributed by atoms with van der Waals surface area (Å²) in [5, 5.41) is 16.1. The fourth-order valence-electron chi connectivity index (χ4n) is 4.41. The van der Waals surface area contributed by atoms with Gasteiger partial charge in [-0.25, -0.2) is 0 Å². The first kappa shape index (κ1) is 21.1. The van der Waals surface area contributed by atoms with Crippen molar-refractivity contribution in [1.82, 2.24) is 5.32 Å². The van der Waals surface area contributed by atoms with Gasteiger partial charge in [0.25, 0.3) is 0 Å². The SMILES string of the molecule is Cc1cc(=O)c(O)c(C2(CC(=O)NC3CCc4ccccc4NC3=O)CCOCC2)o1. The molecule has 1 unspecified atom stereocenters. The van der Waals surface area contributed by atoms with Gasteiger partial charge >= 0.3 is 0 Å². The summed E-state index contributed by atoms with van der Waals surface area (Å²) in [6.07, 6.45) is 1.96. The predicted molar refractivity (Wildman–Crippen MR) is 113 cm³/mol. The van der Waals surface area contributed by atoms with Crippen LogP contribution >= 0.6 is 0 Å². The number of carbonyl (C=O) groups excluding carboxylic acids is 2. The monoisotopic (exact) mass is 426 g/mol. The number of rotatable bonds is 4. The lowest BCUT2D eigenvalue weighted by atomic mass is 9.74. The summed E-state index contributed by atoms with van der Waals surface area (Å²) < 4.78 is 11.2. The zero-order valence-electron chi connectivity index (χ0n) is 17.4. The number of hydrogen-bond acceptors (Lipinski definition) is 6. The Morgan fingerprint density at radius 2 is 2.00 bits per heavy atom. The molecule has 8 heteroatoms. The van der Waals surface area contributed by atoms with Crippen LogP contribution in [0.5, 0.6) is 5.75 Å². The van der Waals surface area contributed by atoms with Crippen molar-refractivity contribution in [3.63, 3.8) is 0 Å². The van der Waals surface area contributed by atoms with Gasteiger partial charge < -0.3 is 24.9 Å². The third kappa shape index (κ3) is 4.34. The van der Waals surface area contributed by atoms with Crippen LogP contribution in [0.1, 0.15) is 42.8 Å². The largest absolute Gasteiger partial charge is 0.502 e. The number of hydrogen-bond donors (Lipinski definition) is 3. The Kier molecular flexibility index (Phi) is 5.82. The van der Waals surface area contributed by atoms with Gasteiger partial charge in [0.15, 0.2) is 5.76 Å². The van der Waals surface area contributed by atoms with Crippen molar-refractivity contribution < 1.29 is 23.8 Å². The summed E-state index contributed by atoms with van der Waals surface area (Å²) >= 11 is 0. The molecule has 2 aliphatic heterocycles. The van der Waals surface area contributed by atoms with E-state index in [4.69, 9.17) is 9.15 Å². The second-order valence-electron chi connectivity index (χ2n) is 8.27. The van der Waals surface area contributed by atoms with Crippen LogP contribution in [0.15, 0.2) is 39.5 Å². The lowest BCUT2D eigenvalue weighted by molar-refractivity contribution is -0.128. The molecule has 0 spiro atoms. The highest BCUT2D eigenvalue weighted by molar-refractivity contribution is 5.98. The molecule has 0 radical (unpaired) electrons. The molecule has 164 valence electrons. The van der Waals surface area contributed by atoms with Crippen LogP contribution in [0.2, 0.25) is 0 Å². The molecule has 0 bridgehead atoms. The van der Waals surface area contributed by atoms with E-state index in [2.05, 4.69) is 10.6 Å². The van der Waals surface area contributed by atoms with Gasteiger partial charge in [0.05, 0.1) is 0 Å². The van der Waals surface area contributed by atoms with Crippen LogP contribution in [0.4, 0.5) is 5.69 Å². The van der Waals surface area contributed by atoms with Crippen molar-refractivity contribution in [2.75, 3.05) is 18.5 Å². The summed E-state index contributed by atoms with van der Waals surface area (Å²) in [5.74, 6) is -0.581. The maximum absolute atomic E-state index is 13.0. The highest BCUT2D eigenvalue weighted by atomic mass is 16.5. The van der Waals surface area contributed by atoms with Crippen LogP contribution in [-0.4, -0.2) is 36.2 Å². The first-order chi connectivity index (χ1) is 14.9. The van der Waals surface area contributed by atoms with Crippen molar-refractivity contribution in [3.8, 4) is 5.75 Å². The molecule has 0 aliphatic carbocycles. The van der Waals surface area contributed by atoms with Crippen molar-refractivity contribution >= 4 is 17.5 Å². The lowest BCUT2D eigenvalue weighted by Crippen LogP contribution is -2.46. The number of carbonyl (C=O) groups is 2. The number of benzene rings is 1. The zero-order valence-corrected chi connectivity index (χ0v) is 17.4. The first-order valence-corrected chi connectivity index (χ1v) is 10.5. The standard InChI is InChI=1S/C23H26N2O6/c1-14-12-18(26)20(28)21(31-14)23(8-10-30-11-9-23)13-19(27)24-17-7-6-15-4-2-3-5-16(15)25-22(17)29/h2-5,12,17,28H,6-11,13H2,1H3,(H,24,27)(H,25,29). The van der Waals surface area contributed by atoms with Crippen molar-refractivity contribution in [2.45, 2.75) is 50.5 Å². The summed E-state index contributed by atoms with van der Waals surface area (Å²) in [7, 11) is 0. The van der Waals surface area contributed by atoms with Gasteiger partial charge in [-0.2, -0.15) is 0 Å². The van der Waals surface area contributed by atoms with Crippen LogP contribution in [0.25, 0.3) is 0 Å². The maximum Gasteiger partial charge on any atom is 0.246 e. The van der Waals surface area contributed by atoms with Gasteiger partial charge in [-0.1, -0.05) is 18.2 Å². The maximum atomic E-state index is 13.0. The van der Waals surface area contributed by atoms with E-state index >= 15 is 0 Å². The number of anilines is 1. The van der Waals surface area contributed by atoms with E-state index in [0.717, 1.165) is 11.3 Å². The highest BCUT2D eigenvalue weighted by Gasteiger charge is 2.42.